The molecule has 0 saturated carbocycles. The Bertz CT molecular complexity index is 682. The zero-order valence-corrected chi connectivity index (χ0v) is 21.9. The summed E-state index contributed by atoms with van der Waals surface area (Å²) in [4.78, 5) is 18.7. The first kappa shape index (κ1) is 27.8. The zero-order chi connectivity index (χ0) is 21.6. The van der Waals surface area contributed by atoms with Crippen LogP contribution in [0, 0.1) is 0 Å². The van der Waals surface area contributed by atoms with Crippen molar-refractivity contribution >= 4 is 46.6 Å². The molecule has 1 aromatic rings. The van der Waals surface area contributed by atoms with Crippen LogP contribution in [0.5, 0.6) is 0 Å². The number of halogens is 1. The number of benzene rings is 1. The predicted octanol–water partition coefficient (Wildman–Crippen LogP) is 2.10. The number of carbonyl (C=O) groups is 1. The molecule has 0 bridgehead atoms. The van der Waals surface area contributed by atoms with Crippen molar-refractivity contribution in [3.05, 3.63) is 35.9 Å². The maximum Gasteiger partial charge on any atom is 0.234 e. The summed E-state index contributed by atoms with van der Waals surface area (Å²) in [5.41, 5.74) is 1.10. The number of nitrogens with zero attached hydrogens (tertiary/aromatic N) is 2. The van der Waals surface area contributed by atoms with Crippen molar-refractivity contribution in [1.29, 1.82) is 0 Å². The van der Waals surface area contributed by atoms with E-state index in [1.807, 2.05) is 37.3 Å². The first-order chi connectivity index (χ1) is 14.6. The van der Waals surface area contributed by atoms with Crippen LogP contribution in [0.3, 0.4) is 0 Å². The number of hydrogen-bond acceptors (Lipinski definition) is 4. The van der Waals surface area contributed by atoms with Crippen LogP contribution in [-0.4, -0.2) is 72.0 Å². The number of rotatable bonds is 11. The average Bonchev–Trinajstić information content (AvgIpc) is 2.74. The van der Waals surface area contributed by atoms with Gasteiger partial charge in [0.05, 0.1) is 13.1 Å². The van der Waals surface area contributed by atoms with Crippen molar-refractivity contribution in [3.8, 4) is 0 Å². The monoisotopic (exact) mass is 563 g/mol. The number of carbonyl (C=O) groups excluding carboxylic acids is 1. The number of aliphatic imine (C=N–C) groups is 1. The molecule has 1 heterocycles. The summed E-state index contributed by atoms with van der Waals surface area (Å²) in [5.74, 6) is 2.02. The molecule has 0 spiro atoms. The number of likely N-dealkylation sites (tertiary alicyclic amines) is 1. The number of piperidine rings is 1. The summed E-state index contributed by atoms with van der Waals surface area (Å²) in [5, 5.41) is 9.72. The van der Waals surface area contributed by atoms with Crippen LogP contribution in [-0.2, 0) is 21.3 Å². The number of nitrogens with one attached hydrogen (secondary N) is 3. The van der Waals surface area contributed by atoms with Gasteiger partial charge in [0.15, 0.2) is 5.96 Å². The normalized spacial score (nSPS) is 16.3. The minimum absolute atomic E-state index is 0. The number of guanidine groups is 1. The SMILES string of the molecule is CCCNC(=O)CN1CCC(NC(=NCCS(=O)Cc2ccccc2)NCC)CC1.I. The van der Waals surface area contributed by atoms with Crippen molar-refractivity contribution < 1.29 is 9.00 Å². The Kier molecular flexibility index (Phi) is 14.8. The molecule has 1 aromatic carbocycles. The minimum atomic E-state index is -0.919. The smallest absolute Gasteiger partial charge is 0.234 e. The molecule has 2 rings (SSSR count). The summed E-state index contributed by atoms with van der Waals surface area (Å²) in [6.07, 6.45) is 2.92. The van der Waals surface area contributed by atoms with Crippen LogP contribution in [0.4, 0.5) is 0 Å². The van der Waals surface area contributed by atoms with E-state index in [1.165, 1.54) is 0 Å². The molecule has 7 nitrogen and oxygen atoms in total. The lowest BCUT2D eigenvalue weighted by Crippen LogP contribution is -2.50. The van der Waals surface area contributed by atoms with Crippen molar-refractivity contribution in [2.24, 2.45) is 4.99 Å². The minimum Gasteiger partial charge on any atom is -0.357 e. The first-order valence-electron chi connectivity index (χ1n) is 11.0. The highest BCUT2D eigenvalue weighted by Gasteiger charge is 2.21. The maximum absolute atomic E-state index is 12.3. The molecular formula is C22H38IN5O2S. The molecule has 0 aliphatic carbocycles. The Morgan fingerprint density at radius 3 is 2.52 bits per heavy atom. The Labute approximate surface area is 206 Å². The van der Waals surface area contributed by atoms with E-state index >= 15 is 0 Å². The van der Waals surface area contributed by atoms with Gasteiger partial charge in [-0.2, -0.15) is 0 Å². The fourth-order valence-corrected chi connectivity index (χ4v) is 4.37. The van der Waals surface area contributed by atoms with E-state index in [4.69, 9.17) is 0 Å². The predicted molar refractivity (Wildman–Crippen MR) is 140 cm³/mol. The van der Waals surface area contributed by atoms with E-state index < -0.39 is 10.8 Å². The highest BCUT2D eigenvalue weighted by Crippen LogP contribution is 2.10. The third kappa shape index (κ3) is 11.8. The summed E-state index contributed by atoms with van der Waals surface area (Å²) >= 11 is 0. The Balaban J connectivity index is 0.00000480. The van der Waals surface area contributed by atoms with Crippen molar-refractivity contribution in [1.82, 2.24) is 20.9 Å². The fourth-order valence-electron chi connectivity index (χ4n) is 3.36. The quantitative estimate of drug-likeness (QED) is 0.218. The highest BCUT2D eigenvalue weighted by molar-refractivity contribution is 14.0. The Hall–Kier alpha value is -1.20. The molecule has 1 aliphatic heterocycles. The van der Waals surface area contributed by atoms with Gasteiger partial charge in [0, 0.05) is 54.5 Å². The molecular weight excluding hydrogens is 525 g/mol. The van der Waals surface area contributed by atoms with Crippen LogP contribution in [0.15, 0.2) is 35.3 Å². The average molecular weight is 564 g/mol. The van der Waals surface area contributed by atoms with Gasteiger partial charge in [-0.15, -0.1) is 24.0 Å². The molecule has 1 atom stereocenters. The first-order valence-corrected chi connectivity index (χ1v) is 12.5. The van der Waals surface area contributed by atoms with Crippen molar-refractivity contribution in [3.63, 3.8) is 0 Å². The van der Waals surface area contributed by atoms with Gasteiger partial charge >= 0.3 is 0 Å². The summed E-state index contributed by atoms with van der Waals surface area (Å²) < 4.78 is 12.3. The second kappa shape index (κ2) is 16.4. The molecule has 1 amide bonds. The van der Waals surface area contributed by atoms with E-state index in [0.29, 0.717) is 30.6 Å². The van der Waals surface area contributed by atoms with Crippen LogP contribution >= 0.6 is 24.0 Å². The Morgan fingerprint density at radius 2 is 1.87 bits per heavy atom. The lowest BCUT2D eigenvalue weighted by molar-refractivity contribution is -0.122. The molecule has 1 unspecified atom stereocenters. The number of amides is 1. The lowest BCUT2D eigenvalue weighted by atomic mass is 10.1. The third-order valence-corrected chi connectivity index (χ3v) is 6.26. The van der Waals surface area contributed by atoms with Gasteiger partial charge in [0.1, 0.15) is 0 Å². The fraction of sp³-hybridized carbons (Fsp3) is 0.636. The van der Waals surface area contributed by atoms with E-state index in [2.05, 4.69) is 32.8 Å². The van der Waals surface area contributed by atoms with Gasteiger partial charge < -0.3 is 16.0 Å². The molecule has 176 valence electrons. The van der Waals surface area contributed by atoms with Gasteiger partial charge in [-0.1, -0.05) is 37.3 Å². The standard InChI is InChI=1S/C22H37N5O2S.HI/c1-3-12-24-21(28)17-27-14-10-20(11-15-27)26-22(23-4-2)25-13-16-30(29)18-19-8-6-5-7-9-19;/h5-9,20H,3-4,10-18H2,1-2H3,(H,24,28)(H2,23,25,26);1H. The Morgan fingerprint density at radius 1 is 1.16 bits per heavy atom. The highest BCUT2D eigenvalue weighted by atomic mass is 127. The van der Waals surface area contributed by atoms with Crippen molar-refractivity contribution in [2.45, 2.75) is 44.9 Å². The van der Waals surface area contributed by atoms with E-state index in [-0.39, 0.29) is 29.9 Å². The van der Waals surface area contributed by atoms with E-state index in [0.717, 1.165) is 57.0 Å². The summed E-state index contributed by atoms with van der Waals surface area (Å²) in [6, 6.07) is 10.3. The van der Waals surface area contributed by atoms with Gasteiger partial charge in [-0.05, 0) is 31.7 Å². The van der Waals surface area contributed by atoms with Crippen LogP contribution in [0.1, 0.15) is 38.7 Å². The van der Waals surface area contributed by atoms with Gasteiger partial charge in [0.2, 0.25) is 5.91 Å². The van der Waals surface area contributed by atoms with Gasteiger partial charge in [0.25, 0.3) is 0 Å². The topological polar surface area (TPSA) is 85.8 Å². The van der Waals surface area contributed by atoms with Crippen molar-refractivity contribution in [2.75, 3.05) is 45.0 Å². The van der Waals surface area contributed by atoms with Crippen LogP contribution < -0.4 is 16.0 Å². The maximum atomic E-state index is 12.3. The zero-order valence-electron chi connectivity index (χ0n) is 18.8. The van der Waals surface area contributed by atoms with Crippen LogP contribution in [0.2, 0.25) is 0 Å². The van der Waals surface area contributed by atoms with Crippen LogP contribution in [0.25, 0.3) is 0 Å². The van der Waals surface area contributed by atoms with E-state index in [9.17, 15) is 9.00 Å². The molecule has 0 aromatic heterocycles. The van der Waals surface area contributed by atoms with Gasteiger partial charge in [-0.3, -0.25) is 18.9 Å². The number of hydrogen-bond donors (Lipinski definition) is 3. The molecule has 1 saturated heterocycles. The lowest BCUT2D eigenvalue weighted by Gasteiger charge is -2.32. The molecule has 3 N–H and O–H groups in total. The molecule has 0 radical (unpaired) electrons. The van der Waals surface area contributed by atoms with Gasteiger partial charge in [-0.25, -0.2) is 0 Å². The molecule has 1 aliphatic rings. The molecule has 31 heavy (non-hydrogen) atoms. The summed E-state index contributed by atoms with van der Waals surface area (Å²) in [6.45, 7) is 8.45. The summed E-state index contributed by atoms with van der Waals surface area (Å²) in [7, 11) is -0.919. The molecule has 9 heteroatoms. The second-order valence-electron chi connectivity index (χ2n) is 7.58. The third-order valence-electron chi connectivity index (χ3n) is 4.97. The van der Waals surface area contributed by atoms with E-state index in [1.54, 1.807) is 0 Å². The molecule has 1 fully saturated rings. The largest absolute Gasteiger partial charge is 0.357 e. The second-order valence-corrected chi connectivity index (χ2v) is 9.16.